The van der Waals surface area contributed by atoms with Crippen LogP contribution in [0.4, 0.5) is 4.39 Å². The van der Waals surface area contributed by atoms with Crippen molar-refractivity contribution in [2.45, 2.75) is 18.9 Å². The van der Waals surface area contributed by atoms with Gasteiger partial charge in [-0.2, -0.15) is 0 Å². The number of rotatable bonds is 5. The normalized spacial score (nSPS) is 14.3. The number of piperidine rings is 1. The number of carbonyl (C=O) groups is 3. The third-order valence-corrected chi connectivity index (χ3v) is 5.41. The molecule has 1 fully saturated rings. The molecule has 0 radical (unpaired) electrons. The third kappa shape index (κ3) is 5.70. The monoisotopic (exact) mass is 451 g/mol. The second-order valence-corrected chi connectivity index (χ2v) is 7.79. The number of amides is 3. The van der Waals surface area contributed by atoms with Crippen LogP contribution < -0.4 is 10.6 Å². The zero-order valence-electron chi connectivity index (χ0n) is 16.0. The molecular formula is C21H20Cl2FN3O3. The minimum absolute atomic E-state index is 0.0749. The van der Waals surface area contributed by atoms with Gasteiger partial charge in [-0.3, -0.25) is 14.4 Å². The van der Waals surface area contributed by atoms with Crippen LogP contribution in [0.1, 0.15) is 33.6 Å². The van der Waals surface area contributed by atoms with E-state index in [1.165, 1.54) is 36.4 Å². The van der Waals surface area contributed by atoms with Crippen LogP contribution >= 0.6 is 23.2 Å². The number of halogens is 3. The lowest BCUT2D eigenvalue weighted by Gasteiger charge is -2.32. The van der Waals surface area contributed by atoms with Crippen molar-refractivity contribution in [2.75, 3.05) is 19.6 Å². The summed E-state index contributed by atoms with van der Waals surface area (Å²) < 4.78 is 13.0. The maximum absolute atomic E-state index is 13.0. The zero-order valence-corrected chi connectivity index (χ0v) is 17.5. The highest BCUT2D eigenvalue weighted by molar-refractivity contribution is 6.36. The van der Waals surface area contributed by atoms with E-state index in [9.17, 15) is 18.8 Å². The summed E-state index contributed by atoms with van der Waals surface area (Å²) in [5, 5.41) is 6.10. The van der Waals surface area contributed by atoms with E-state index in [1.807, 2.05) is 0 Å². The molecule has 1 saturated heterocycles. The molecule has 30 heavy (non-hydrogen) atoms. The van der Waals surface area contributed by atoms with Gasteiger partial charge in [0.05, 0.1) is 17.1 Å². The van der Waals surface area contributed by atoms with Crippen molar-refractivity contribution < 1.29 is 18.8 Å². The van der Waals surface area contributed by atoms with Gasteiger partial charge in [-0.15, -0.1) is 0 Å². The van der Waals surface area contributed by atoms with Crippen LogP contribution in [0.15, 0.2) is 42.5 Å². The van der Waals surface area contributed by atoms with Crippen LogP contribution in [0.5, 0.6) is 0 Å². The first-order chi connectivity index (χ1) is 14.3. The van der Waals surface area contributed by atoms with Crippen LogP contribution in [0.3, 0.4) is 0 Å². The molecule has 0 spiro atoms. The Kier molecular flexibility index (Phi) is 7.29. The first kappa shape index (κ1) is 22.1. The highest BCUT2D eigenvalue weighted by Gasteiger charge is 2.24. The predicted molar refractivity (Wildman–Crippen MR) is 112 cm³/mol. The Morgan fingerprint density at radius 1 is 1.00 bits per heavy atom. The molecule has 0 saturated carbocycles. The van der Waals surface area contributed by atoms with E-state index in [0.29, 0.717) is 36.5 Å². The summed E-state index contributed by atoms with van der Waals surface area (Å²) in [7, 11) is 0. The van der Waals surface area contributed by atoms with Crippen molar-refractivity contribution in [2.24, 2.45) is 0 Å². The van der Waals surface area contributed by atoms with E-state index in [4.69, 9.17) is 23.2 Å². The lowest BCUT2D eigenvalue weighted by atomic mass is 10.0. The molecule has 0 aromatic heterocycles. The van der Waals surface area contributed by atoms with Gasteiger partial charge in [-0.25, -0.2) is 4.39 Å². The summed E-state index contributed by atoms with van der Waals surface area (Å²) in [4.78, 5) is 38.5. The van der Waals surface area contributed by atoms with Crippen molar-refractivity contribution >= 4 is 40.9 Å². The van der Waals surface area contributed by atoms with Gasteiger partial charge in [0.15, 0.2) is 0 Å². The van der Waals surface area contributed by atoms with Gasteiger partial charge in [-0.1, -0.05) is 23.2 Å². The molecule has 2 aromatic rings. The van der Waals surface area contributed by atoms with Gasteiger partial charge in [0.1, 0.15) is 5.82 Å². The molecule has 0 bridgehead atoms. The standard InChI is InChI=1S/C21H20Cl2FN3O3/c22-14-3-6-17(18(23)11-14)21(30)25-12-19(28)27-9-7-16(8-10-27)26-20(29)13-1-4-15(24)5-2-13/h1-6,11,16H,7-10,12H2,(H,25,30)(H,26,29). The molecule has 1 heterocycles. The first-order valence-electron chi connectivity index (χ1n) is 9.41. The van der Waals surface area contributed by atoms with Crippen molar-refractivity contribution in [1.82, 2.24) is 15.5 Å². The SMILES string of the molecule is O=C(NC1CCN(C(=O)CNC(=O)c2ccc(Cl)cc2Cl)CC1)c1ccc(F)cc1. The van der Waals surface area contributed by atoms with Gasteiger partial charge >= 0.3 is 0 Å². The molecule has 6 nitrogen and oxygen atoms in total. The largest absolute Gasteiger partial charge is 0.349 e. The Hall–Kier alpha value is -2.64. The molecule has 2 aromatic carbocycles. The fraction of sp³-hybridized carbons (Fsp3) is 0.286. The summed E-state index contributed by atoms with van der Waals surface area (Å²) in [6.07, 6.45) is 1.19. The Bertz CT molecular complexity index is 945. The predicted octanol–water partition coefficient (Wildman–Crippen LogP) is 3.28. The van der Waals surface area contributed by atoms with E-state index in [-0.39, 0.29) is 35.0 Å². The van der Waals surface area contributed by atoms with Crippen LogP contribution in [0.2, 0.25) is 10.0 Å². The van der Waals surface area contributed by atoms with E-state index >= 15 is 0 Å². The van der Waals surface area contributed by atoms with Crippen molar-refractivity contribution in [1.29, 1.82) is 0 Å². The molecule has 2 N–H and O–H groups in total. The van der Waals surface area contributed by atoms with Crippen LogP contribution in [0, 0.1) is 5.82 Å². The summed E-state index contributed by atoms with van der Waals surface area (Å²) in [6, 6.07) is 9.77. The summed E-state index contributed by atoms with van der Waals surface area (Å²) in [6.45, 7) is 0.778. The maximum atomic E-state index is 13.0. The summed E-state index contributed by atoms with van der Waals surface area (Å²) in [5.41, 5.74) is 0.634. The fourth-order valence-electron chi connectivity index (χ4n) is 3.18. The average Bonchev–Trinajstić information content (AvgIpc) is 2.72. The lowest BCUT2D eigenvalue weighted by Crippen LogP contribution is -2.49. The van der Waals surface area contributed by atoms with Crippen LogP contribution in [-0.4, -0.2) is 48.3 Å². The molecular weight excluding hydrogens is 432 g/mol. The molecule has 1 aliphatic rings. The summed E-state index contributed by atoms with van der Waals surface area (Å²) >= 11 is 11.8. The molecule has 0 aliphatic carbocycles. The Labute approximate surface area is 183 Å². The minimum Gasteiger partial charge on any atom is -0.349 e. The van der Waals surface area contributed by atoms with Gasteiger partial charge < -0.3 is 15.5 Å². The highest BCUT2D eigenvalue weighted by Crippen LogP contribution is 2.20. The van der Waals surface area contributed by atoms with E-state index in [2.05, 4.69) is 10.6 Å². The van der Waals surface area contributed by atoms with E-state index in [0.717, 1.165) is 0 Å². The first-order valence-corrected chi connectivity index (χ1v) is 10.2. The molecule has 0 atom stereocenters. The number of benzene rings is 2. The van der Waals surface area contributed by atoms with E-state index in [1.54, 1.807) is 11.0 Å². The number of carbonyl (C=O) groups excluding carboxylic acids is 3. The Balaban J connectivity index is 1.44. The number of hydrogen-bond acceptors (Lipinski definition) is 3. The molecule has 0 unspecified atom stereocenters. The average molecular weight is 452 g/mol. The highest BCUT2D eigenvalue weighted by atomic mass is 35.5. The van der Waals surface area contributed by atoms with Gasteiger partial charge in [0.25, 0.3) is 11.8 Å². The topological polar surface area (TPSA) is 78.5 Å². The second kappa shape index (κ2) is 9.91. The maximum Gasteiger partial charge on any atom is 0.253 e. The quantitative estimate of drug-likeness (QED) is 0.731. The molecule has 158 valence electrons. The van der Waals surface area contributed by atoms with Gasteiger partial charge in [0.2, 0.25) is 5.91 Å². The van der Waals surface area contributed by atoms with Crippen LogP contribution in [0.25, 0.3) is 0 Å². The van der Waals surface area contributed by atoms with Crippen LogP contribution in [-0.2, 0) is 4.79 Å². The van der Waals surface area contributed by atoms with Crippen molar-refractivity contribution in [3.63, 3.8) is 0 Å². The van der Waals surface area contributed by atoms with Gasteiger partial charge in [-0.05, 0) is 55.3 Å². The zero-order chi connectivity index (χ0) is 21.7. The minimum atomic E-state index is -0.452. The molecule has 3 amide bonds. The molecule has 9 heteroatoms. The number of nitrogens with one attached hydrogen (secondary N) is 2. The van der Waals surface area contributed by atoms with Crippen molar-refractivity contribution in [3.05, 3.63) is 69.5 Å². The smallest absolute Gasteiger partial charge is 0.253 e. The Morgan fingerprint density at radius 2 is 1.67 bits per heavy atom. The second-order valence-electron chi connectivity index (χ2n) is 6.94. The fourth-order valence-corrected chi connectivity index (χ4v) is 3.67. The van der Waals surface area contributed by atoms with E-state index < -0.39 is 11.7 Å². The van der Waals surface area contributed by atoms with Crippen molar-refractivity contribution in [3.8, 4) is 0 Å². The third-order valence-electron chi connectivity index (χ3n) is 4.87. The number of nitrogens with zero attached hydrogens (tertiary/aromatic N) is 1. The lowest BCUT2D eigenvalue weighted by molar-refractivity contribution is -0.131. The Morgan fingerprint density at radius 3 is 2.30 bits per heavy atom. The number of hydrogen-bond donors (Lipinski definition) is 2. The molecule has 1 aliphatic heterocycles. The number of likely N-dealkylation sites (tertiary alicyclic amines) is 1. The molecule has 3 rings (SSSR count). The van der Waals surface area contributed by atoms with Gasteiger partial charge in [0, 0.05) is 29.7 Å². The summed E-state index contributed by atoms with van der Waals surface area (Å²) in [5.74, 6) is -1.33.